The molecule has 0 aromatic heterocycles. The molecule has 0 aromatic rings. The van der Waals surface area contributed by atoms with Gasteiger partial charge in [0.05, 0.1) is 25.7 Å². The van der Waals surface area contributed by atoms with Crippen LogP contribution in [0.5, 0.6) is 0 Å². The van der Waals surface area contributed by atoms with E-state index in [1.54, 1.807) is 0 Å². The van der Waals surface area contributed by atoms with Gasteiger partial charge in [-0.2, -0.15) is 0 Å². The van der Waals surface area contributed by atoms with Crippen molar-refractivity contribution in [3.05, 3.63) is 0 Å². The van der Waals surface area contributed by atoms with E-state index in [2.05, 4.69) is 80.0 Å². The van der Waals surface area contributed by atoms with E-state index >= 15 is 0 Å². The fourth-order valence-electron chi connectivity index (χ4n) is 6.19. The standard InChI is InChI=1S/C21H44N3/c1-11-24(10,16-12-18(2,3)22-19(4,5)13-16)17-14-20(6,7)23-21(8,9)15-17/h16-17,22-23H,11-15H2,1-10H3/q+1. The largest absolute Gasteiger partial charge is 0.321 e. The van der Waals surface area contributed by atoms with E-state index in [1.807, 2.05) is 0 Å². The van der Waals surface area contributed by atoms with Crippen LogP contribution >= 0.6 is 0 Å². The van der Waals surface area contributed by atoms with Crippen LogP contribution in [-0.4, -0.2) is 52.3 Å². The summed E-state index contributed by atoms with van der Waals surface area (Å²) in [7, 11) is 2.55. The van der Waals surface area contributed by atoms with Crippen LogP contribution in [0, 0.1) is 0 Å². The van der Waals surface area contributed by atoms with Crippen LogP contribution < -0.4 is 10.6 Å². The highest BCUT2D eigenvalue weighted by molar-refractivity contribution is 5.01. The molecule has 2 saturated heterocycles. The Morgan fingerprint density at radius 1 is 0.667 bits per heavy atom. The molecule has 0 saturated carbocycles. The molecule has 3 heteroatoms. The molecule has 0 spiro atoms. The first-order valence-corrected chi connectivity index (χ1v) is 10.0. The van der Waals surface area contributed by atoms with E-state index in [0.717, 1.165) is 12.1 Å². The number of nitrogens with one attached hydrogen (secondary N) is 2. The minimum atomic E-state index is 0.221. The third-order valence-electron chi connectivity index (χ3n) is 6.69. The van der Waals surface area contributed by atoms with Gasteiger partial charge in [0.2, 0.25) is 0 Å². The van der Waals surface area contributed by atoms with Gasteiger partial charge in [0.15, 0.2) is 0 Å². The number of quaternary nitrogens is 1. The first-order valence-electron chi connectivity index (χ1n) is 10.0. The molecule has 0 bridgehead atoms. The van der Waals surface area contributed by atoms with Crippen LogP contribution in [0.4, 0.5) is 0 Å². The van der Waals surface area contributed by atoms with Crippen LogP contribution in [0.3, 0.4) is 0 Å². The highest BCUT2D eigenvalue weighted by Crippen LogP contribution is 2.41. The van der Waals surface area contributed by atoms with Crippen LogP contribution in [0.2, 0.25) is 0 Å². The predicted molar refractivity (Wildman–Crippen MR) is 105 cm³/mol. The van der Waals surface area contributed by atoms with Crippen molar-refractivity contribution in [1.29, 1.82) is 0 Å². The van der Waals surface area contributed by atoms with Gasteiger partial charge in [-0.3, -0.25) is 0 Å². The number of rotatable bonds is 3. The van der Waals surface area contributed by atoms with Crippen molar-refractivity contribution in [3.8, 4) is 0 Å². The summed E-state index contributed by atoms with van der Waals surface area (Å²) in [6.45, 7) is 22.7. The Kier molecular flexibility index (Phi) is 5.01. The summed E-state index contributed by atoms with van der Waals surface area (Å²) >= 11 is 0. The lowest BCUT2D eigenvalue weighted by Gasteiger charge is -2.58. The molecular weight excluding hydrogens is 294 g/mol. The van der Waals surface area contributed by atoms with E-state index in [4.69, 9.17) is 0 Å². The Morgan fingerprint density at radius 2 is 0.917 bits per heavy atom. The van der Waals surface area contributed by atoms with Gasteiger partial charge in [-0.15, -0.1) is 0 Å². The molecule has 142 valence electrons. The maximum absolute atomic E-state index is 3.87. The Labute approximate surface area is 151 Å². The summed E-state index contributed by atoms with van der Waals surface area (Å²) in [6, 6.07) is 1.46. The van der Waals surface area contributed by atoms with Crippen molar-refractivity contribution in [1.82, 2.24) is 10.6 Å². The second kappa shape index (κ2) is 5.96. The molecule has 2 aliphatic rings. The van der Waals surface area contributed by atoms with Crippen LogP contribution in [-0.2, 0) is 0 Å². The zero-order valence-electron chi connectivity index (χ0n) is 18.1. The smallest absolute Gasteiger partial charge is 0.0925 e. The van der Waals surface area contributed by atoms with Crippen molar-refractivity contribution in [2.24, 2.45) is 0 Å². The topological polar surface area (TPSA) is 24.1 Å². The number of hydrogen-bond acceptors (Lipinski definition) is 2. The van der Waals surface area contributed by atoms with Gasteiger partial charge >= 0.3 is 0 Å². The Balaban J connectivity index is 2.33. The van der Waals surface area contributed by atoms with Crippen LogP contribution in [0.15, 0.2) is 0 Å². The number of nitrogens with zero attached hydrogens (tertiary/aromatic N) is 1. The molecule has 2 heterocycles. The summed E-state index contributed by atoms with van der Waals surface area (Å²) in [6.07, 6.45) is 5.08. The minimum absolute atomic E-state index is 0.221. The summed E-state index contributed by atoms with van der Waals surface area (Å²) < 4.78 is 1.23. The summed E-state index contributed by atoms with van der Waals surface area (Å²) in [4.78, 5) is 0. The predicted octanol–water partition coefficient (Wildman–Crippen LogP) is 4.07. The zero-order chi connectivity index (χ0) is 18.6. The first-order chi connectivity index (χ1) is 10.6. The maximum Gasteiger partial charge on any atom is 0.0925 e. The lowest BCUT2D eigenvalue weighted by Crippen LogP contribution is -2.72. The van der Waals surface area contributed by atoms with Crippen molar-refractivity contribution >= 4 is 0 Å². The molecule has 0 aliphatic carbocycles. The summed E-state index contributed by atoms with van der Waals surface area (Å²) in [5.74, 6) is 0. The molecule has 0 atom stereocenters. The van der Waals surface area contributed by atoms with Crippen molar-refractivity contribution < 1.29 is 4.48 Å². The molecule has 2 aliphatic heterocycles. The minimum Gasteiger partial charge on any atom is -0.321 e. The Morgan fingerprint density at radius 3 is 1.12 bits per heavy atom. The van der Waals surface area contributed by atoms with Crippen LogP contribution in [0.25, 0.3) is 0 Å². The zero-order valence-corrected chi connectivity index (χ0v) is 18.1. The fraction of sp³-hybridized carbons (Fsp3) is 1.00. The Hall–Kier alpha value is -0.120. The fourth-order valence-corrected chi connectivity index (χ4v) is 6.19. The first kappa shape index (κ1) is 20.2. The van der Waals surface area contributed by atoms with Gasteiger partial charge in [-0.1, -0.05) is 0 Å². The molecule has 2 rings (SSSR count). The maximum atomic E-state index is 3.87. The highest BCUT2D eigenvalue weighted by Gasteiger charge is 2.52. The summed E-state index contributed by atoms with van der Waals surface area (Å²) in [5, 5.41) is 7.74. The SMILES string of the molecule is CC[N+](C)(C1CC(C)(C)NC(C)(C)C1)C1CC(C)(C)NC(C)(C)C1. The molecule has 0 amide bonds. The third-order valence-corrected chi connectivity index (χ3v) is 6.69. The third kappa shape index (κ3) is 4.34. The molecule has 0 aromatic carbocycles. The van der Waals surface area contributed by atoms with E-state index in [0.29, 0.717) is 0 Å². The van der Waals surface area contributed by atoms with E-state index in [-0.39, 0.29) is 22.2 Å². The van der Waals surface area contributed by atoms with Gasteiger partial charge in [0.1, 0.15) is 0 Å². The van der Waals surface area contributed by atoms with Gasteiger partial charge in [-0.05, 0) is 62.3 Å². The van der Waals surface area contributed by atoms with Gasteiger partial charge in [-0.25, -0.2) is 0 Å². The van der Waals surface area contributed by atoms with Crippen molar-refractivity contribution in [2.45, 2.75) is 122 Å². The van der Waals surface area contributed by atoms with E-state index in [9.17, 15) is 0 Å². The molecule has 0 radical (unpaired) electrons. The molecule has 24 heavy (non-hydrogen) atoms. The van der Waals surface area contributed by atoms with Gasteiger partial charge in [0.25, 0.3) is 0 Å². The summed E-state index contributed by atoms with van der Waals surface area (Å²) in [5.41, 5.74) is 0.885. The lowest BCUT2D eigenvalue weighted by atomic mass is 9.74. The number of hydrogen-bond donors (Lipinski definition) is 2. The monoisotopic (exact) mass is 338 g/mol. The molecule has 2 fully saturated rings. The molecule has 0 unspecified atom stereocenters. The lowest BCUT2D eigenvalue weighted by molar-refractivity contribution is -0.959. The van der Waals surface area contributed by atoms with Crippen molar-refractivity contribution in [3.63, 3.8) is 0 Å². The van der Waals surface area contributed by atoms with Gasteiger partial charge < -0.3 is 15.1 Å². The van der Waals surface area contributed by atoms with E-state index in [1.165, 1.54) is 36.7 Å². The highest BCUT2D eigenvalue weighted by atomic mass is 15.4. The Bertz CT molecular complexity index is 392. The average Bonchev–Trinajstić information content (AvgIpc) is 2.29. The average molecular weight is 339 g/mol. The quantitative estimate of drug-likeness (QED) is 0.758. The number of piperidine rings is 2. The second-order valence-electron chi connectivity index (χ2n) is 11.6. The van der Waals surface area contributed by atoms with Crippen molar-refractivity contribution in [2.75, 3.05) is 13.6 Å². The van der Waals surface area contributed by atoms with E-state index < -0.39 is 0 Å². The second-order valence-corrected chi connectivity index (χ2v) is 11.6. The molecule has 2 N–H and O–H groups in total. The van der Waals surface area contributed by atoms with Gasteiger partial charge in [0, 0.05) is 47.8 Å². The molecular formula is C21H44N3+. The molecule has 3 nitrogen and oxygen atoms in total. The normalized spacial score (nSPS) is 30.2. The van der Waals surface area contributed by atoms with Crippen LogP contribution in [0.1, 0.15) is 88.0 Å².